The second kappa shape index (κ2) is 10.8. The lowest BCUT2D eigenvalue weighted by Gasteiger charge is -2.29. The molecule has 2 fully saturated rings. The van der Waals surface area contributed by atoms with E-state index in [4.69, 9.17) is 0 Å². The molecule has 4 N–H and O–H groups in total. The van der Waals surface area contributed by atoms with Gasteiger partial charge in [-0.3, -0.25) is 9.59 Å². The molecule has 0 bridgehead atoms. The SMILES string of the molecule is Cc1cccc(C#N)c1C(C)c1cc(C(=O)C2CNCCN2)c(C)c(C)c1C(=O)C1CNCCN1. The number of aryl methyl sites for hydroxylation is 1. The van der Waals surface area contributed by atoms with Gasteiger partial charge in [0.1, 0.15) is 0 Å². The van der Waals surface area contributed by atoms with E-state index in [0.717, 1.165) is 54.0 Å². The minimum absolute atomic E-state index is 0.0307. The van der Waals surface area contributed by atoms with Gasteiger partial charge in [-0.1, -0.05) is 19.1 Å². The summed E-state index contributed by atoms with van der Waals surface area (Å²) in [6, 6.07) is 9.30. The Labute approximate surface area is 207 Å². The quantitative estimate of drug-likeness (QED) is 0.476. The third-order valence-corrected chi connectivity index (χ3v) is 7.50. The van der Waals surface area contributed by atoms with Gasteiger partial charge in [0.25, 0.3) is 0 Å². The predicted molar refractivity (Wildman–Crippen MR) is 137 cm³/mol. The molecular weight excluding hydrogens is 438 g/mol. The number of ketones is 2. The van der Waals surface area contributed by atoms with Crippen LogP contribution in [0.3, 0.4) is 0 Å². The van der Waals surface area contributed by atoms with Crippen LogP contribution < -0.4 is 21.3 Å². The van der Waals surface area contributed by atoms with Gasteiger partial charge < -0.3 is 21.3 Å². The van der Waals surface area contributed by atoms with Crippen LogP contribution >= 0.6 is 0 Å². The Bertz CT molecular complexity index is 1170. The number of rotatable bonds is 6. The van der Waals surface area contributed by atoms with E-state index in [1.807, 2.05) is 52.0 Å². The van der Waals surface area contributed by atoms with Crippen LogP contribution in [0.1, 0.15) is 66.9 Å². The lowest BCUT2D eigenvalue weighted by atomic mass is 9.78. The lowest BCUT2D eigenvalue weighted by molar-refractivity contribution is 0.0921. The minimum Gasteiger partial charge on any atom is -0.313 e. The van der Waals surface area contributed by atoms with Crippen molar-refractivity contribution in [3.8, 4) is 6.07 Å². The summed E-state index contributed by atoms with van der Waals surface area (Å²) in [5.74, 6) is -0.166. The fraction of sp³-hybridized carbons (Fsp3) is 0.464. The van der Waals surface area contributed by atoms with Crippen molar-refractivity contribution < 1.29 is 9.59 Å². The van der Waals surface area contributed by atoms with E-state index < -0.39 is 0 Å². The van der Waals surface area contributed by atoms with E-state index in [-0.39, 0.29) is 29.6 Å². The first kappa shape index (κ1) is 25.2. The fourth-order valence-corrected chi connectivity index (χ4v) is 5.41. The van der Waals surface area contributed by atoms with Gasteiger partial charge in [-0.15, -0.1) is 0 Å². The highest BCUT2D eigenvalue weighted by Gasteiger charge is 2.32. The maximum Gasteiger partial charge on any atom is 0.181 e. The molecule has 2 heterocycles. The minimum atomic E-state index is -0.328. The van der Waals surface area contributed by atoms with Crippen LogP contribution in [0.25, 0.3) is 0 Å². The number of nitrogens with one attached hydrogen (secondary N) is 4. The number of benzene rings is 2. The number of nitriles is 1. The van der Waals surface area contributed by atoms with E-state index >= 15 is 0 Å². The Morgan fingerprint density at radius 3 is 2.14 bits per heavy atom. The molecular formula is C28H35N5O2. The molecule has 7 heteroatoms. The largest absolute Gasteiger partial charge is 0.313 e. The summed E-state index contributed by atoms with van der Waals surface area (Å²) in [6.45, 7) is 12.2. The van der Waals surface area contributed by atoms with Crippen molar-refractivity contribution >= 4 is 11.6 Å². The van der Waals surface area contributed by atoms with E-state index in [0.29, 0.717) is 29.8 Å². The summed E-state index contributed by atoms with van der Waals surface area (Å²) in [6.07, 6.45) is 0. The maximum atomic E-state index is 13.9. The average molecular weight is 474 g/mol. The van der Waals surface area contributed by atoms with Crippen molar-refractivity contribution in [3.05, 3.63) is 68.8 Å². The summed E-state index contributed by atoms with van der Waals surface area (Å²) >= 11 is 0. The summed E-state index contributed by atoms with van der Waals surface area (Å²) in [5.41, 5.74) is 6.29. The molecule has 2 saturated heterocycles. The zero-order valence-electron chi connectivity index (χ0n) is 21.0. The van der Waals surface area contributed by atoms with Gasteiger partial charge in [0.15, 0.2) is 11.6 Å². The smallest absolute Gasteiger partial charge is 0.181 e. The van der Waals surface area contributed by atoms with Gasteiger partial charge in [-0.2, -0.15) is 5.26 Å². The van der Waals surface area contributed by atoms with E-state index in [9.17, 15) is 14.9 Å². The summed E-state index contributed by atoms with van der Waals surface area (Å²) in [7, 11) is 0. The van der Waals surface area contributed by atoms with Crippen LogP contribution in [0.5, 0.6) is 0 Å². The number of piperazine rings is 2. The first-order chi connectivity index (χ1) is 16.8. The molecule has 3 unspecified atom stereocenters. The second-order valence-electron chi connectivity index (χ2n) is 9.66. The van der Waals surface area contributed by atoms with Crippen LogP contribution in [-0.4, -0.2) is 62.9 Å². The lowest BCUT2D eigenvalue weighted by Crippen LogP contribution is -2.53. The summed E-state index contributed by atoms with van der Waals surface area (Å²) in [4.78, 5) is 27.5. The molecule has 7 nitrogen and oxygen atoms in total. The summed E-state index contributed by atoms with van der Waals surface area (Å²) < 4.78 is 0. The molecule has 0 spiro atoms. The van der Waals surface area contributed by atoms with E-state index in [1.54, 1.807) is 0 Å². The van der Waals surface area contributed by atoms with Crippen LogP contribution in [-0.2, 0) is 0 Å². The Morgan fingerprint density at radius 2 is 1.57 bits per heavy atom. The molecule has 0 saturated carbocycles. The van der Waals surface area contributed by atoms with Gasteiger partial charge in [0, 0.05) is 56.3 Å². The standard InChI is InChI=1S/C28H35N5O2/c1-16-6-5-7-20(13-29)25(16)19(4)21-12-22(27(34)23-14-30-8-10-32-23)17(2)18(3)26(21)28(35)24-15-31-9-11-33-24/h5-7,12,19,23-24,30-33H,8-11,14-15H2,1-4H3. The van der Waals surface area contributed by atoms with Gasteiger partial charge in [-0.25, -0.2) is 0 Å². The monoisotopic (exact) mass is 473 g/mol. The molecule has 0 amide bonds. The van der Waals surface area contributed by atoms with E-state index in [1.165, 1.54) is 0 Å². The Hall–Kier alpha value is -2.89. The average Bonchev–Trinajstić information content (AvgIpc) is 2.89. The molecule has 0 radical (unpaired) electrons. The van der Waals surface area contributed by atoms with Crippen LogP contribution in [0.4, 0.5) is 0 Å². The molecule has 3 atom stereocenters. The molecule has 2 aromatic carbocycles. The second-order valence-corrected chi connectivity index (χ2v) is 9.66. The van der Waals surface area contributed by atoms with Crippen molar-refractivity contribution in [3.63, 3.8) is 0 Å². The number of carbonyl (C=O) groups excluding carboxylic acids is 2. The molecule has 2 aliphatic heterocycles. The predicted octanol–water partition coefficient (Wildman–Crippen LogP) is 2.12. The van der Waals surface area contributed by atoms with Gasteiger partial charge >= 0.3 is 0 Å². The van der Waals surface area contributed by atoms with Crippen molar-refractivity contribution in [1.82, 2.24) is 21.3 Å². The Balaban J connectivity index is 1.89. The van der Waals surface area contributed by atoms with Crippen LogP contribution in [0, 0.1) is 32.1 Å². The number of nitrogens with zero attached hydrogens (tertiary/aromatic N) is 1. The zero-order chi connectivity index (χ0) is 25.1. The van der Waals surface area contributed by atoms with Gasteiger partial charge in [0.05, 0.1) is 23.7 Å². The molecule has 0 aliphatic carbocycles. The first-order valence-electron chi connectivity index (χ1n) is 12.5. The Morgan fingerprint density at radius 1 is 0.943 bits per heavy atom. The van der Waals surface area contributed by atoms with E-state index in [2.05, 4.69) is 27.3 Å². The molecule has 4 rings (SSSR count). The zero-order valence-corrected chi connectivity index (χ0v) is 21.0. The number of hydrogen-bond acceptors (Lipinski definition) is 7. The van der Waals surface area contributed by atoms with Gasteiger partial charge in [-0.05, 0) is 60.7 Å². The fourth-order valence-electron chi connectivity index (χ4n) is 5.41. The number of hydrogen-bond donors (Lipinski definition) is 4. The number of carbonyl (C=O) groups is 2. The van der Waals surface area contributed by atoms with Crippen molar-refractivity contribution in [2.24, 2.45) is 0 Å². The van der Waals surface area contributed by atoms with Crippen molar-refractivity contribution in [1.29, 1.82) is 5.26 Å². The molecule has 35 heavy (non-hydrogen) atoms. The van der Waals surface area contributed by atoms with Crippen molar-refractivity contribution in [2.45, 2.75) is 45.7 Å². The topological polar surface area (TPSA) is 106 Å². The summed E-state index contributed by atoms with van der Waals surface area (Å²) in [5, 5.41) is 23.1. The molecule has 2 aliphatic rings. The third kappa shape index (κ3) is 4.93. The normalized spacial score (nSPS) is 21.2. The van der Waals surface area contributed by atoms with Crippen LogP contribution in [0.15, 0.2) is 24.3 Å². The molecule has 2 aromatic rings. The number of Topliss-reactive ketones (excluding diaryl/α,β-unsaturated/α-hetero) is 2. The third-order valence-electron chi connectivity index (χ3n) is 7.50. The van der Waals surface area contributed by atoms with Gasteiger partial charge in [0.2, 0.25) is 0 Å². The Kier molecular flexibility index (Phi) is 7.78. The maximum absolute atomic E-state index is 13.9. The first-order valence-corrected chi connectivity index (χ1v) is 12.5. The highest BCUT2D eigenvalue weighted by Crippen LogP contribution is 2.36. The highest BCUT2D eigenvalue weighted by molar-refractivity contribution is 6.07. The molecule has 184 valence electrons. The highest BCUT2D eigenvalue weighted by atomic mass is 16.1. The van der Waals surface area contributed by atoms with Crippen molar-refractivity contribution in [2.75, 3.05) is 39.3 Å². The molecule has 0 aromatic heterocycles. The van der Waals surface area contributed by atoms with Crippen LogP contribution in [0.2, 0.25) is 0 Å².